The Bertz CT molecular complexity index is 153. The third-order valence-electron chi connectivity index (χ3n) is 4.25. The molecule has 2 rings (SSSR count). The summed E-state index contributed by atoms with van der Waals surface area (Å²) in [4.78, 5) is 0. The van der Waals surface area contributed by atoms with Crippen LogP contribution in [-0.2, 0) is 0 Å². The van der Waals surface area contributed by atoms with Gasteiger partial charge in [0, 0.05) is 6.04 Å². The summed E-state index contributed by atoms with van der Waals surface area (Å²) in [5.41, 5.74) is 0. The van der Waals surface area contributed by atoms with Gasteiger partial charge >= 0.3 is 0 Å². The molecule has 0 amide bonds. The van der Waals surface area contributed by atoms with E-state index in [4.69, 9.17) is 0 Å². The van der Waals surface area contributed by atoms with Crippen molar-refractivity contribution in [2.75, 3.05) is 6.54 Å². The maximum absolute atomic E-state index is 3.70. The van der Waals surface area contributed by atoms with Gasteiger partial charge in [0.15, 0.2) is 0 Å². The van der Waals surface area contributed by atoms with E-state index in [0.29, 0.717) is 0 Å². The third kappa shape index (κ3) is 4.14. The van der Waals surface area contributed by atoms with Gasteiger partial charge in [-0.15, -0.1) is 0 Å². The lowest BCUT2D eigenvalue weighted by atomic mass is 9.85. The van der Waals surface area contributed by atoms with Gasteiger partial charge in [0.2, 0.25) is 0 Å². The van der Waals surface area contributed by atoms with Crippen molar-refractivity contribution in [1.82, 2.24) is 5.32 Å². The van der Waals surface area contributed by atoms with Crippen LogP contribution in [0.5, 0.6) is 0 Å². The zero-order chi connectivity index (χ0) is 10.3. The molecular weight excluding hydrogens is 182 g/mol. The lowest BCUT2D eigenvalue weighted by molar-refractivity contribution is 0.285. The summed E-state index contributed by atoms with van der Waals surface area (Å²) in [5, 5.41) is 3.70. The van der Waals surface area contributed by atoms with Crippen molar-refractivity contribution in [3.05, 3.63) is 0 Å². The summed E-state index contributed by atoms with van der Waals surface area (Å²) in [6.45, 7) is 1.28. The number of hydrogen-bond acceptors (Lipinski definition) is 1. The monoisotopic (exact) mass is 209 g/mol. The number of rotatable bonds is 2. The van der Waals surface area contributed by atoms with Crippen LogP contribution in [0.2, 0.25) is 0 Å². The first-order valence-electron chi connectivity index (χ1n) is 7.18. The Hall–Kier alpha value is -0.0400. The fraction of sp³-hybridized carbons (Fsp3) is 1.00. The molecule has 1 unspecified atom stereocenters. The lowest BCUT2D eigenvalue weighted by Crippen LogP contribution is -2.35. The molecule has 1 saturated carbocycles. The van der Waals surface area contributed by atoms with E-state index in [1.807, 2.05) is 0 Å². The van der Waals surface area contributed by atoms with Crippen LogP contribution in [0, 0.1) is 5.92 Å². The highest BCUT2D eigenvalue weighted by Gasteiger charge is 2.18. The van der Waals surface area contributed by atoms with Crippen LogP contribution in [0.3, 0.4) is 0 Å². The maximum atomic E-state index is 3.70. The van der Waals surface area contributed by atoms with Crippen LogP contribution < -0.4 is 5.32 Å². The molecule has 1 atom stereocenters. The van der Waals surface area contributed by atoms with E-state index >= 15 is 0 Å². The van der Waals surface area contributed by atoms with E-state index in [2.05, 4.69) is 5.32 Å². The van der Waals surface area contributed by atoms with Crippen molar-refractivity contribution in [1.29, 1.82) is 0 Å². The molecule has 0 aromatic heterocycles. The van der Waals surface area contributed by atoms with Gasteiger partial charge in [0.25, 0.3) is 0 Å². The Morgan fingerprint density at radius 1 is 0.733 bits per heavy atom. The van der Waals surface area contributed by atoms with E-state index in [0.717, 1.165) is 12.0 Å². The predicted octanol–water partition coefficient (Wildman–Crippen LogP) is 3.88. The molecule has 1 nitrogen and oxygen atoms in total. The fourth-order valence-electron chi connectivity index (χ4n) is 3.30. The van der Waals surface area contributed by atoms with Gasteiger partial charge in [0.05, 0.1) is 0 Å². The Morgan fingerprint density at radius 3 is 2.07 bits per heavy atom. The maximum Gasteiger partial charge on any atom is 0.00697 e. The Morgan fingerprint density at radius 2 is 1.40 bits per heavy atom. The largest absolute Gasteiger partial charge is 0.314 e. The first kappa shape index (κ1) is 11.4. The number of nitrogens with one attached hydrogen (secondary N) is 1. The van der Waals surface area contributed by atoms with Crippen molar-refractivity contribution in [2.45, 2.75) is 76.7 Å². The molecule has 0 aromatic rings. The number of hydrogen-bond donors (Lipinski definition) is 1. The van der Waals surface area contributed by atoms with Gasteiger partial charge in [-0.05, 0) is 31.7 Å². The zero-order valence-corrected chi connectivity index (χ0v) is 10.1. The second-order valence-electron chi connectivity index (χ2n) is 5.59. The summed E-state index contributed by atoms with van der Waals surface area (Å²) in [5.74, 6) is 1.04. The summed E-state index contributed by atoms with van der Waals surface area (Å²) in [7, 11) is 0. The molecule has 1 aliphatic carbocycles. The minimum absolute atomic E-state index is 0.864. The average molecular weight is 209 g/mol. The molecule has 0 radical (unpaired) electrons. The molecule has 0 bridgehead atoms. The molecule has 15 heavy (non-hydrogen) atoms. The van der Waals surface area contributed by atoms with Crippen LogP contribution in [0.4, 0.5) is 0 Å². The molecule has 2 fully saturated rings. The van der Waals surface area contributed by atoms with Gasteiger partial charge in [-0.25, -0.2) is 0 Å². The van der Waals surface area contributed by atoms with Crippen LogP contribution >= 0.6 is 0 Å². The highest BCUT2D eigenvalue weighted by atomic mass is 14.9. The van der Waals surface area contributed by atoms with Crippen molar-refractivity contribution >= 4 is 0 Å². The van der Waals surface area contributed by atoms with E-state index in [1.54, 1.807) is 0 Å². The normalized spacial score (nSPS) is 30.8. The second kappa shape index (κ2) is 6.52. The Labute approximate surface area is 95.0 Å². The minimum atomic E-state index is 0.864. The Balaban J connectivity index is 1.70. The van der Waals surface area contributed by atoms with Gasteiger partial charge in [-0.3, -0.25) is 0 Å². The smallest absolute Gasteiger partial charge is 0.00697 e. The second-order valence-corrected chi connectivity index (χ2v) is 5.59. The molecular formula is C14H27N. The average Bonchev–Trinajstić information content (AvgIpc) is 2.23. The summed E-state index contributed by atoms with van der Waals surface area (Å²) in [6.07, 6.45) is 16.3. The van der Waals surface area contributed by atoms with Crippen LogP contribution in [0.15, 0.2) is 0 Å². The summed E-state index contributed by atoms with van der Waals surface area (Å²) >= 11 is 0. The van der Waals surface area contributed by atoms with E-state index in [1.165, 1.54) is 77.2 Å². The molecule has 1 aliphatic heterocycles. The van der Waals surface area contributed by atoms with E-state index in [9.17, 15) is 0 Å². The standard InChI is InChI=1S/C14H27N/c1-2-4-8-13(9-5-3-1)12-14-10-6-7-11-15-14/h13-15H,1-12H2. The number of piperidine rings is 1. The highest BCUT2D eigenvalue weighted by molar-refractivity contribution is 4.76. The van der Waals surface area contributed by atoms with Crippen molar-refractivity contribution in [2.24, 2.45) is 5.92 Å². The molecule has 0 aromatic carbocycles. The summed E-state index contributed by atoms with van der Waals surface area (Å²) in [6, 6.07) is 0.864. The molecule has 88 valence electrons. The Kier molecular flexibility index (Phi) is 4.98. The van der Waals surface area contributed by atoms with Crippen LogP contribution in [0.1, 0.15) is 70.6 Å². The molecule has 1 N–H and O–H groups in total. The van der Waals surface area contributed by atoms with Gasteiger partial charge in [0.1, 0.15) is 0 Å². The molecule has 1 saturated heterocycles. The van der Waals surface area contributed by atoms with Crippen molar-refractivity contribution < 1.29 is 0 Å². The van der Waals surface area contributed by atoms with Gasteiger partial charge in [-0.1, -0.05) is 51.4 Å². The fourth-order valence-corrected chi connectivity index (χ4v) is 3.30. The van der Waals surface area contributed by atoms with Gasteiger partial charge < -0.3 is 5.32 Å². The SMILES string of the molecule is C1CCCC(CC2CCCCN2)CCC1. The first-order chi connectivity index (χ1) is 7.45. The third-order valence-corrected chi connectivity index (χ3v) is 4.25. The summed E-state index contributed by atoms with van der Waals surface area (Å²) < 4.78 is 0. The van der Waals surface area contributed by atoms with E-state index < -0.39 is 0 Å². The van der Waals surface area contributed by atoms with Crippen molar-refractivity contribution in [3.63, 3.8) is 0 Å². The minimum Gasteiger partial charge on any atom is -0.314 e. The molecule has 1 heterocycles. The lowest BCUT2D eigenvalue weighted by Gasteiger charge is -2.28. The quantitative estimate of drug-likeness (QED) is 0.728. The van der Waals surface area contributed by atoms with Crippen molar-refractivity contribution in [3.8, 4) is 0 Å². The molecule has 1 heteroatoms. The molecule has 0 spiro atoms. The molecule has 2 aliphatic rings. The van der Waals surface area contributed by atoms with Crippen LogP contribution in [-0.4, -0.2) is 12.6 Å². The first-order valence-corrected chi connectivity index (χ1v) is 7.18. The van der Waals surface area contributed by atoms with Crippen LogP contribution in [0.25, 0.3) is 0 Å². The van der Waals surface area contributed by atoms with Gasteiger partial charge in [-0.2, -0.15) is 0 Å². The highest BCUT2D eigenvalue weighted by Crippen LogP contribution is 2.27. The zero-order valence-electron chi connectivity index (χ0n) is 10.1. The van der Waals surface area contributed by atoms with E-state index in [-0.39, 0.29) is 0 Å². The topological polar surface area (TPSA) is 12.0 Å². The predicted molar refractivity (Wildman–Crippen MR) is 66.1 cm³/mol.